The Morgan fingerprint density at radius 2 is 1.90 bits per heavy atom. The summed E-state index contributed by atoms with van der Waals surface area (Å²) in [6.45, 7) is 2.01. The number of rotatable bonds is 6. The third-order valence-electron chi connectivity index (χ3n) is 3.37. The van der Waals surface area contributed by atoms with E-state index in [9.17, 15) is 21.6 Å². The van der Waals surface area contributed by atoms with Crippen LogP contribution in [-0.4, -0.2) is 25.3 Å². The molecule has 1 fully saturated rings. The third-order valence-corrected chi connectivity index (χ3v) is 5.38. The van der Waals surface area contributed by atoms with Gasteiger partial charge in [0.1, 0.15) is 0 Å². The fourth-order valence-electron chi connectivity index (χ4n) is 2.17. The number of sulfonamides is 1. The first-order valence-electron chi connectivity index (χ1n) is 6.74. The number of hydrogen-bond acceptors (Lipinski definition) is 2. The molecule has 1 aliphatic rings. The van der Waals surface area contributed by atoms with Crippen molar-refractivity contribution in [3.05, 3.63) is 36.2 Å². The van der Waals surface area contributed by atoms with Gasteiger partial charge in [-0.25, -0.2) is 8.42 Å². The summed E-state index contributed by atoms with van der Waals surface area (Å²) in [6, 6.07) is 4.19. The summed E-state index contributed by atoms with van der Waals surface area (Å²) in [5, 5.41) is 0. The molecule has 0 saturated heterocycles. The number of alkyl halides is 3. The number of nitrogens with zero attached hydrogens (tertiary/aromatic N) is 1. The highest BCUT2D eigenvalue weighted by Crippen LogP contribution is 2.38. The van der Waals surface area contributed by atoms with Crippen LogP contribution in [0.5, 0.6) is 0 Å². The van der Waals surface area contributed by atoms with Crippen molar-refractivity contribution in [2.75, 3.05) is 6.54 Å². The molecular weight excluding hydrogens is 303 g/mol. The van der Waals surface area contributed by atoms with Crippen LogP contribution in [0.4, 0.5) is 13.2 Å². The molecule has 1 aromatic carbocycles. The van der Waals surface area contributed by atoms with Crippen molar-refractivity contribution < 1.29 is 21.6 Å². The lowest BCUT2D eigenvalue weighted by Gasteiger charge is -2.23. The fourth-order valence-corrected chi connectivity index (χ4v) is 4.08. The Hall–Kier alpha value is -1.08. The molecule has 0 atom stereocenters. The van der Waals surface area contributed by atoms with E-state index in [0.29, 0.717) is 19.3 Å². The van der Waals surface area contributed by atoms with E-state index < -0.39 is 26.7 Å². The van der Waals surface area contributed by atoms with Crippen LogP contribution < -0.4 is 0 Å². The number of benzene rings is 1. The summed E-state index contributed by atoms with van der Waals surface area (Å²) in [4.78, 5) is -0.652. The molecule has 1 aliphatic carbocycles. The monoisotopic (exact) mass is 320 g/mol. The van der Waals surface area contributed by atoms with Gasteiger partial charge in [0, 0.05) is 12.6 Å². The molecule has 0 N–H and O–H groups in total. The van der Waals surface area contributed by atoms with Crippen LogP contribution in [0.3, 0.4) is 0 Å². The van der Waals surface area contributed by atoms with Crippen LogP contribution in [0.1, 0.15) is 31.7 Å². The van der Waals surface area contributed by atoms with Crippen LogP contribution in [0, 0.1) is 6.42 Å². The van der Waals surface area contributed by atoms with E-state index in [1.165, 1.54) is 16.4 Å². The maximum absolute atomic E-state index is 13.0. The van der Waals surface area contributed by atoms with Gasteiger partial charge < -0.3 is 0 Å². The second kappa shape index (κ2) is 5.96. The molecule has 0 spiro atoms. The molecule has 3 nitrogen and oxygen atoms in total. The van der Waals surface area contributed by atoms with Crippen molar-refractivity contribution in [1.82, 2.24) is 4.31 Å². The topological polar surface area (TPSA) is 37.4 Å². The Labute approximate surface area is 122 Å². The minimum Gasteiger partial charge on any atom is -0.207 e. The maximum atomic E-state index is 13.0. The Morgan fingerprint density at radius 3 is 2.43 bits per heavy atom. The highest BCUT2D eigenvalue weighted by molar-refractivity contribution is 7.89. The van der Waals surface area contributed by atoms with Gasteiger partial charge >= 0.3 is 6.18 Å². The number of hydrogen-bond donors (Lipinski definition) is 0. The molecule has 1 aromatic rings. The summed E-state index contributed by atoms with van der Waals surface area (Å²) < 4.78 is 65.5. The zero-order chi connectivity index (χ0) is 15.7. The average Bonchev–Trinajstić information content (AvgIpc) is 3.22. The molecule has 21 heavy (non-hydrogen) atoms. The number of halogens is 3. The van der Waals surface area contributed by atoms with Gasteiger partial charge in [0.05, 0.1) is 10.5 Å². The zero-order valence-corrected chi connectivity index (χ0v) is 12.4. The molecule has 1 saturated carbocycles. The van der Waals surface area contributed by atoms with Gasteiger partial charge in [0.2, 0.25) is 10.0 Å². The highest BCUT2D eigenvalue weighted by atomic mass is 32.2. The van der Waals surface area contributed by atoms with E-state index in [4.69, 9.17) is 0 Å². The van der Waals surface area contributed by atoms with Gasteiger partial charge in [-0.15, -0.1) is 0 Å². The molecule has 7 heteroatoms. The van der Waals surface area contributed by atoms with E-state index in [1.54, 1.807) is 13.3 Å². The Kier molecular flexibility index (Phi) is 4.63. The van der Waals surface area contributed by atoms with Crippen LogP contribution in [-0.2, 0) is 16.2 Å². The minimum absolute atomic E-state index is 0.170. The lowest BCUT2D eigenvalue weighted by atomic mass is 10.2. The van der Waals surface area contributed by atoms with Crippen molar-refractivity contribution in [2.24, 2.45) is 0 Å². The maximum Gasteiger partial charge on any atom is 0.417 e. The van der Waals surface area contributed by atoms with Crippen LogP contribution >= 0.6 is 0 Å². The smallest absolute Gasteiger partial charge is 0.207 e. The summed E-state index contributed by atoms with van der Waals surface area (Å²) >= 11 is 0. The molecule has 117 valence electrons. The van der Waals surface area contributed by atoms with Crippen LogP contribution in [0.25, 0.3) is 0 Å². The Bertz CT molecular complexity index is 594. The first-order chi connectivity index (χ1) is 9.78. The standard InChI is InChI=1S/C14H17F3NO2S/c1-2-3-10-18(11-8-9-11)21(19,20)13-7-5-4-6-12(13)14(15,16)17/h2,4-7,11H,3,8-10H2,1H3. The van der Waals surface area contributed by atoms with Gasteiger partial charge in [0.25, 0.3) is 0 Å². The van der Waals surface area contributed by atoms with Gasteiger partial charge in [0.15, 0.2) is 0 Å². The summed E-state index contributed by atoms with van der Waals surface area (Å²) in [6.07, 6.45) is -0.950. The van der Waals surface area contributed by atoms with Gasteiger partial charge in [-0.3, -0.25) is 0 Å². The third kappa shape index (κ3) is 3.58. The lowest BCUT2D eigenvalue weighted by Crippen LogP contribution is -2.35. The SMILES string of the molecule is C[CH]CCN(C1CC1)S(=O)(=O)c1ccccc1C(F)(F)F. The lowest BCUT2D eigenvalue weighted by molar-refractivity contribution is -0.139. The second-order valence-electron chi connectivity index (χ2n) is 5.04. The first-order valence-corrected chi connectivity index (χ1v) is 8.18. The predicted molar refractivity (Wildman–Crippen MR) is 72.9 cm³/mol. The zero-order valence-electron chi connectivity index (χ0n) is 11.6. The van der Waals surface area contributed by atoms with E-state index >= 15 is 0 Å². The molecule has 0 amide bonds. The molecule has 0 unspecified atom stereocenters. The van der Waals surface area contributed by atoms with Crippen molar-refractivity contribution >= 4 is 10.0 Å². The highest BCUT2D eigenvalue weighted by Gasteiger charge is 2.42. The predicted octanol–water partition coefficient (Wildman–Crippen LogP) is 3.47. The summed E-state index contributed by atoms with van der Waals surface area (Å²) in [7, 11) is -4.13. The summed E-state index contributed by atoms with van der Waals surface area (Å²) in [5.74, 6) is 0. The van der Waals surface area contributed by atoms with Crippen molar-refractivity contribution in [1.29, 1.82) is 0 Å². The second-order valence-corrected chi connectivity index (χ2v) is 6.90. The minimum atomic E-state index is -4.68. The normalized spacial score (nSPS) is 16.4. The first kappa shape index (κ1) is 16.3. The fraction of sp³-hybridized carbons (Fsp3) is 0.500. The van der Waals surface area contributed by atoms with Crippen LogP contribution in [0.2, 0.25) is 0 Å². The van der Waals surface area contributed by atoms with Crippen molar-refractivity contribution in [3.63, 3.8) is 0 Å². The van der Waals surface area contributed by atoms with E-state index in [-0.39, 0.29) is 12.6 Å². The molecule has 0 aliphatic heterocycles. The summed E-state index contributed by atoms with van der Waals surface area (Å²) in [5.41, 5.74) is -1.10. The van der Waals surface area contributed by atoms with Crippen molar-refractivity contribution in [3.8, 4) is 0 Å². The Morgan fingerprint density at radius 1 is 1.29 bits per heavy atom. The van der Waals surface area contributed by atoms with Crippen LogP contribution in [0.15, 0.2) is 29.2 Å². The molecule has 0 bridgehead atoms. The van der Waals surface area contributed by atoms with E-state index in [0.717, 1.165) is 12.1 Å². The number of unbranched alkanes of at least 4 members (excludes halogenated alkanes) is 1. The Balaban J connectivity index is 2.43. The quantitative estimate of drug-likeness (QED) is 0.805. The van der Waals surface area contributed by atoms with E-state index in [1.807, 2.05) is 0 Å². The molecular formula is C14H17F3NO2S. The largest absolute Gasteiger partial charge is 0.417 e. The van der Waals surface area contributed by atoms with Gasteiger partial charge in [-0.1, -0.05) is 19.1 Å². The molecule has 0 aromatic heterocycles. The van der Waals surface area contributed by atoms with E-state index in [2.05, 4.69) is 0 Å². The molecule has 0 heterocycles. The molecule has 1 radical (unpaired) electrons. The van der Waals surface area contributed by atoms with Gasteiger partial charge in [-0.2, -0.15) is 17.5 Å². The molecule has 2 rings (SSSR count). The average molecular weight is 320 g/mol. The van der Waals surface area contributed by atoms with Gasteiger partial charge in [-0.05, 0) is 37.8 Å². The van der Waals surface area contributed by atoms with Crippen molar-refractivity contribution in [2.45, 2.75) is 43.3 Å².